The van der Waals surface area contributed by atoms with Crippen LogP contribution in [-0.4, -0.2) is 5.91 Å². The lowest BCUT2D eigenvalue weighted by Crippen LogP contribution is -2.28. The quantitative estimate of drug-likeness (QED) is 0.884. The molecular weight excluding hydrogens is 224 g/mol. The van der Waals surface area contributed by atoms with Crippen molar-refractivity contribution in [2.75, 3.05) is 5.32 Å². The number of nitriles is 1. The molecule has 0 aliphatic heterocycles. The molecule has 1 saturated carbocycles. The Hall–Kier alpha value is -1.82. The highest BCUT2D eigenvalue weighted by Crippen LogP contribution is 2.28. The second kappa shape index (κ2) is 4.81. The fraction of sp³-hybridized carbons (Fsp3) is 0.467. The smallest absolute Gasteiger partial charge is 0.227 e. The molecule has 1 fully saturated rings. The second-order valence-electron chi connectivity index (χ2n) is 5.43. The fourth-order valence-corrected chi connectivity index (χ4v) is 1.95. The van der Waals surface area contributed by atoms with Gasteiger partial charge < -0.3 is 5.32 Å². The van der Waals surface area contributed by atoms with Crippen molar-refractivity contribution in [1.29, 1.82) is 5.26 Å². The summed E-state index contributed by atoms with van der Waals surface area (Å²) in [5.74, 6) is 0.314. The van der Waals surface area contributed by atoms with Crippen LogP contribution in [0.5, 0.6) is 0 Å². The van der Waals surface area contributed by atoms with Gasteiger partial charge in [0.1, 0.15) is 0 Å². The minimum absolute atomic E-state index is 0.119. The number of amides is 1. The summed E-state index contributed by atoms with van der Waals surface area (Å²) in [6.07, 6.45) is 3.17. The molecule has 0 atom stereocenters. The first-order valence-electron chi connectivity index (χ1n) is 6.35. The van der Waals surface area contributed by atoms with Crippen molar-refractivity contribution in [1.82, 2.24) is 0 Å². The Kier molecular flexibility index (Phi) is 3.38. The average molecular weight is 242 g/mol. The van der Waals surface area contributed by atoms with Gasteiger partial charge in [-0.05, 0) is 44.4 Å². The number of rotatable bonds is 3. The number of carbonyl (C=O) groups is 1. The van der Waals surface area contributed by atoms with E-state index < -0.39 is 5.41 Å². The third-order valence-corrected chi connectivity index (χ3v) is 3.63. The van der Waals surface area contributed by atoms with Gasteiger partial charge in [0, 0.05) is 11.6 Å². The topological polar surface area (TPSA) is 52.9 Å². The monoisotopic (exact) mass is 242 g/mol. The molecular formula is C15H18N2O. The van der Waals surface area contributed by atoms with Crippen LogP contribution >= 0.6 is 0 Å². The number of anilines is 1. The molecule has 18 heavy (non-hydrogen) atoms. The molecule has 3 heteroatoms. The van der Waals surface area contributed by atoms with E-state index >= 15 is 0 Å². The Morgan fingerprint density at radius 3 is 2.39 bits per heavy atom. The maximum absolute atomic E-state index is 11.8. The normalized spacial score (nSPS) is 15.6. The van der Waals surface area contributed by atoms with Crippen LogP contribution in [-0.2, 0) is 10.2 Å². The molecule has 0 radical (unpaired) electrons. The van der Waals surface area contributed by atoms with Crippen molar-refractivity contribution < 1.29 is 4.79 Å². The van der Waals surface area contributed by atoms with Crippen molar-refractivity contribution in [2.24, 2.45) is 5.92 Å². The average Bonchev–Trinajstić information content (AvgIpc) is 2.27. The molecule has 1 aliphatic rings. The summed E-state index contributed by atoms with van der Waals surface area (Å²) in [4.78, 5) is 11.8. The summed E-state index contributed by atoms with van der Waals surface area (Å²) in [6.45, 7) is 3.77. The van der Waals surface area contributed by atoms with Gasteiger partial charge in [-0.2, -0.15) is 5.26 Å². The van der Waals surface area contributed by atoms with E-state index in [-0.39, 0.29) is 11.8 Å². The van der Waals surface area contributed by atoms with Crippen LogP contribution in [0.4, 0.5) is 5.69 Å². The molecule has 1 aromatic rings. The van der Waals surface area contributed by atoms with Crippen molar-refractivity contribution in [3.8, 4) is 6.07 Å². The lowest BCUT2D eigenvalue weighted by Gasteiger charge is -2.24. The van der Waals surface area contributed by atoms with E-state index in [1.807, 2.05) is 38.1 Å². The standard InChI is InChI=1S/C15H18N2O/c1-15(2,10-16)12-6-8-13(9-7-12)17-14(18)11-4-3-5-11/h6-9,11H,3-5H2,1-2H3,(H,17,18). The number of nitrogens with zero attached hydrogens (tertiary/aromatic N) is 1. The van der Waals surface area contributed by atoms with Crippen LogP contribution in [0.1, 0.15) is 38.7 Å². The van der Waals surface area contributed by atoms with Crippen LogP contribution in [0.25, 0.3) is 0 Å². The van der Waals surface area contributed by atoms with E-state index in [0.717, 1.165) is 30.5 Å². The van der Waals surface area contributed by atoms with Crippen LogP contribution in [0.3, 0.4) is 0 Å². The van der Waals surface area contributed by atoms with Crippen molar-refractivity contribution in [3.63, 3.8) is 0 Å². The Morgan fingerprint density at radius 1 is 1.33 bits per heavy atom. The van der Waals surface area contributed by atoms with Gasteiger partial charge in [0.15, 0.2) is 0 Å². The molecule has 0 saturated heterocycles. The zero-order valence-corrected chi connectivity index (χ0v) is 10.9. The van der Waals surface area contributed by atoms with Gasteiger partial charge >= 0.3 is 0 Å². The zero-order valence-electron chi connectivity index (χ0n) is 10.9. The fourth-order valence-electron chi connectivity index (χ4n) is 1.95. The van der Waals surface area contributed by atoms with Crippen LogP contribution in [0.15, 0.2) is 24.3 Å². The molecule has 0 bridgehead atoms. The minimum atomic E-state index is -0.490. The predicted octanol–water partition coefficient (Wildman–Crippen LogP) is 3.23. The summed E-state index contributed by atoms with van der Waals surface area (Å²) in [6, 6.07) is 9.80. The molecule has 1 amide bonds. The third kappa shape index (κ3) is 2.53. The summed E-state index contributed by atoms with van der Waals surface area (Å²) < 4.78 is 0. The predicted molar refractivity (Wildman–Crippen MR) is 71.1 cm³/mol. The number of hydrogen-bond donors (Lipinski definition) is 1. The Balaban J connectivity index is 2.04. The highest BCUT2D eigenvalue weighted by molar-refractivity contribution is 5.93. The Labute approximate surface area is 108 Å². The van der Waals surface area contributed by atoms with E-state index in [4.69, 9.17) is 5.26 Å². The summed E-state index contributed by atoms with van der Waals surface area (Å²) >= 11 is 0. The van der Waals surface area contributed by atoms with Gasteiger partial charge in [0.25, 0.3) is 0 Å². The lowest BCUT2D eigenvalue weighted by molar-refractivity contribution is -0.122. The van der Waals surface area contributed by atoms with E-state index in [1.165, 1.54) is 0 Å². The summed E-state index contributed by atoms with van der Waals surface area (Å²) in [5.41, 5.74) is 1.28. The van der Waals surface area contributed by atoms with Gasteiger partial charge in [-0.1, -0.05) is 18.6 Å². The summed E-state index contributed by atoms with van der Waals surface area (Å²) in [5, 5.41) is 12.0. The molecule has 1 aliphatic carbocycles. The molecule has 0 heterocycles. The third-order valence-electron chi connectivity index (χ3n) is 3.63. The first kappa shape index (κ1) is 12.6. The molecule has 1 aromatic carbocycles. The lowest BCUT2D eigenvalue weighted by atomic mass is 9.84. The number of carbonyl (C=O) groups excluding carboxylic acids is 1. The SMILES string of the molecule is CC(C)(C#N)c1ccc(NC(=O)C2CCC2)cc1. The van der Waals surface area contributed by atoms with Gasteiger partial charge in [0.2, 0.25) is 5.91 Å². The molecule has 0 aromatic heterocycles. The van der Waals surface area contributed by atoms with Gasteiger partial charge in [-0.3, -0.25) is 4.79 Å². The first-order valence-corrected chi connectivity index (χ1v) is 6.35. The van der Waals surface area contributed by atoms with E-state index in [2.05, 4.69) is 11.4 Å². The summed E-state index contributed by atoms with van der Waals surface area (Å²) in [7, 11) is 0. The molecule has 94 valence electrons. The maximum atomic E-state index is 11.8. The van der Waals surface area contributed by atoms with Crippen molar-refractivity contribution in [3.05, 3.63) is 29.8 Å². The first-order chi connectivity index (χ1) is 8.53. The Bertz CT molecular complexity index is 478. The maximum Gasteiger partial charge on any atom is 0.227 e. The highest BCUT2D eigenvalue weighted by atomic mass is 16.1. The number of benzene rings is 1. The molecule has 1 N–H and O–H groups in total. The van der Waals surface area contributed by atoms with Crippen LogP contribution in [0.2, 0.25) is 0 Å². The zero-order chi connectivity index (χ0) is 13.2. The van der Waals surface area contributed by atoms with Crippen LogP contribution in [0, 0.1) is 17.2 Å². The molecule has 2 rings (SSSR count). The molecule has 0 spiro atoms. The van der Waals surface area contributed by atoms with E-state index in [1.54, 1.807) is 0 Å². The van der Waals surface area contributed by atoms with Gasteiger partial charge in [-0.25, -0.2) is 0 Å². The Morgan fingerprint density at radius 2 is 1.94 bits per heavy atom. The number of nitrogens with one attached hydrogen (secondary N) is 1. The van der Waals surface area contributed by atoms with Crippen molar-refractivity contribution >= 4 is 11.6 Å². The molecule has 3 nitrogen and oxygen atoms in total. The van der Waals surface area contributed by atoms with Gasteiger partial charge in [0.05, 0.1) is 11.5 Å². The second-order valence-corrected chi connectivity index (χ2v) is 5.43. The van der Waals surface area contributed by atoms with E-state index in [0.29, 0.717) is 0 Å². The van der Waals surface area contributed by atoms with Crippen LogP contribution < -0.4 is 5.32 Å². The van der Waals surface area contributed by atoms with Gasteiger partial charge in [-0.15, -0.1) is 0 Å². The molecule has 0 unspecified atom stereocenters. The van der Waals surface area contributed by atoms with E-state index in [9.17, 15) is 4.79 Å². The highest BCUT2D eigenvalue weighted by Gasteiger charge is 2.25. The largest absolute Gasteiger partial charge is 0.326 e. The van der Waals surface area contributed by atoms with Crippen molar-refractivity contribution in [2.45, 2.75) is 38.5 Å². The minimum Gasteiger partial charge on any atom is -0.326 e. The number of hydrogen-bond acceptors (Lipinski definition) is 2.